The van der Waals surface area contributed by atoms with Crippen LogP contribution in [0.4, 0.5) is 5.69 Å². The van der Waals surface area contributed by atoms with Gasteiger partial charge in [0.05, 0.1) is 22.9 Å². The summed E-state index contributed by atoms with van der Waals surface area (Å²) in [7, 11) is 1.18. The Morgan fingerprint density at radius 2 is 2.14 bits per heavy atom. The first-order chi connectivity index (χ1) is 9.99. The van der Waals surface area contributed by atoms with Gasteiger partial charge < -0.3 is 9.30 Å². The molecule has 0 amide bonds. The first-order valence-electron chi connectivity index (χ1n) is 6.39. The third-order valence-electron chi connectivity index (χ3n) is 3.14. The maximum atomic E-state index is 12.3. The molecule has 0 fully saturated rings. The summed E-state index contributed by atoms with van der Waals surface area (Å²) in [5, 5.41) is 11.0. The SMILES string of the molecule is CCCn1cc(C(=O)OC)c(=O)c2cc([N+](=O)[O-])ccc21. The van der Waals surface area contributed by atoms with E-state index >= 15 is 0 Å². The summed E-state index contributed by atoms with van der Waals surface area (Å²) >= 11 is 0. The number of nitrogens with zero attached hydrogens (tertiary/aromatic N) is 2. The molecule has 21 heavy (non-hydrogen) atoms. The Morgan fingerprint density at radius 1 is 1.43 bits per heavy atom. The fraction of sp³-hybridized carbons (Fsp3) is 0.286. The Labute approximate surface area is 119 Å². The molecule has 110 valence electrons. The molecule has 0 aliphatic carbocycles. The summed E-state index contributed by atoms with van der Waals surface area (Å²) in [6, 6.07) is 4.05. The van der Waals surface area contributed by atoms with Crippen LogP contribution in [0.25, 0.3) is 10.9 Å². The van der Waals surface area contributed by atoms with Crippen molar-refractivity contribution in [3.63, 3.8) is 0 Å². The van der Waals surface area contributed by atoms with E-state index < -0.39 is 16.3 Å². The number of nitro groups is 1. The number of esters is 1. The highest BCUT2D eigenvalue weighted by Gasteiger charge is 2.18. The number of carbonyl (C=O) groups excluding carboxylic acids is 1. The third kappa shape index (κ3) is 2.62. The van der Waals surface area contributed by atoms with Crippen molar-refractivity contribution < 1.29 is 14.5 Å². The van der Waals surface area contributed by atoms with Crippen LogP contribution in [-0.4, -0.2) is 22.6 Å². The smallest absolute Gasteiger partial charge is 0.343 e. The molecule has 1 heterocycles. The predicted octanol–water partition coefficient (Wildman–Crippen LogP) is 2.11. The maximum absolute atomic E-state index is 12.3. The van der Waals surface area contributed by atoms with Gasteiger partial charge in [-0.3, -0.25) is 14.9 Å². The number of aromatic nitrogens is 1. The molecule has 0 radical (unpaired) electrons. The average Bonchev–Trinajstić information content (AvgIpc) is 2.49. The van der Waals surface area contributed by atoms with Crippen LogP contribution in [0.3, 0.4) is 0 Å². The quantitative estimate of drug-likeness (QED) is 0.488. The number of ether oxygens (including phenoxy) is 1. The van der Waals surface area contributed by atoms with Crippen LogP contribution in [0.1, 0.15) is 23.7 Å². The molecule has 0 unspecified atom stereocenters. The Bertz CT molecular complexity index is 779. The van der Waals surface area contributed by atoms with Crippen molar-refractivity contribution in [1.82, 2.24) is 4.57 Å². The Morgan fingerprint density at radius 3 is 2.71 bits per heavy atom. The van der Waals surface area contributed by atoms with Gasteiger partial charge in [-0.1, -0.05) is 6.92 Å². The zero-order valence-corrected chi connectivity index (χ0v) is 11.7. The van der Waals surface area contributed by atoms with Gasteiger partial charge in [0.25, 0.3) is 5.69 Å². The number of methoxy groups -OCH3 is 1. The Balaban J connectivity index is 2.84. The number of rotatable bonds is 4. The van der Waals surface area contributed by atoms with Gasteiger partial charge in [0.15, 0.2) is 0 Å². The van der Waals surface area contributed by atoms with Crippen LogP contribution in [0, 0.1) is 10.1 Å². The molecule has 0 saturated heterocycles. The number of benzene rings is 1. The summed E-state index contributed by atoms with van der Waals surface area (Å²) in [5.41, 5.74) is -0.323. The Hall–Kier alpha value is -2.70. The Kier molecular flexibility index (Phi) is 4.02. The summed E-state index contributed by atoms with van der Waals surface area (Å²) < 4.78 is 6.32. The number of fused-ring (bicyclic) bond motifs is 1. The standard InChI is InChI=1S/C14H14N2O5/c1-3-6-15-8-11(14(18)21-2)13(17)10-7-9(16(19)20)4-5-12(10)15/h4-5,7-8H,3,6H2,1-2H3. The molecular weight excluding hydrogens is 276 g/mol. The minimum atomic E-state index is -0.752. The first-order valence-corrected chi connectivity index (χ1v) is 6.39. The minimum Gasteiger partial charge on any atom is -0.465 e. The minimum absolute atomic E-state index is 0.126. The predicted molar refractivity (Wildman–Crippen MR) is 76.5 cm³/mol. The van der Waals surface area contributed by atoms with Gasteiger partial charge in [0, 0.05) is 24.9 Å². The average molecular weight is 290 g/mol. The fourth-order valence-corrected chi connectivity index (χ4v) is 2.18. The van der Waals surface area contributed by atoms with E-state index in [0.717, 1.165) is 6.42 Å². The van der Waals surface area contributed by atoms with Crippen LogP contribution >= 0.6 is 0 Å². The van der Waals surface area contributed by atoms with E-state index in [0.29, 0.717) is 12.1 Å². The molecule has 0 atom stereocenters. The molecule has 0 aliphatic heterocycles. The highest BCUT2D eigenvalue weighted by molar-refractivity contribution is 5.94. The number of aryl methyl sites for hydroxylation is 1. The zero-order chi connectivity index (χ0) is 15.6. The molecule has 2 aromatic rings. The van der Waals surface area contributed by atoms with Crippen molar-refractivity contribution >= 4 is 22.6 Å². The lowest BCUT2D eigenvalue weighted by atomic mass is 10.1. The maximum Gasteiger partial charge on any atom is 0.343 e. The second kappa shape index (κ2) is 5.74. The van der Waals surface area contributed by atoms with Crippen LogP contribution in [-0.2, 0) is 11.3 Å². The highest BCUT2D eigenvalue weighted by Crippen LogP contribution is 2.19. The van der Waals surface area contributed by atoms with Gasteiger partial charge in [-0.15, -0.1) is 0 Å². The molecule has 0 bridgehead atoms. The van der Waals surface area contributed by atoms with E-state index in [2.05, 4.69) is 4.74 Å². The summed E-state index contributed by atoms with van der Waals surface area (Å²) in [4.78, 5) is 34.3. The monoisotopic (exact) mass is 290 g/mol. The van der Waals surface area contributed by atoms with E-state index in [-0.39, 0.29) is 16.6 Å². The van der Waals surface area contributed by atoms with Gasteiger partial charge in [-0.05, 0) is 12.5 Å². The van der Waals surface area contributed by atoms with E-state index in [9.17, 15) is 19.7 Å². The summed E-state index contributed by atoms with van der Waals surface area (Å²) in [6.45, 7) is 2.53. The summed E-state index contributed by atoms with van der Waals surface area (Å²) in [5.74, 6) is -0.752. The largest absolute Gasteiger partial charge is 0.465 e. The third-order valence-corrected chi connectivity index (χ3v) is 3.14. The van der Waals surface area contributed by atoms with Gasteiger partial charge in [0.2, 0.25) is 5.43 Å². The zero-order valence-electron chi connectivity index (χ0n) is 11.7. The first kappa shape index (κ1) is 14.7. The number of hydrogen-bond donors (Lipinski definition) is 0. The van der Waals surface area contributed by atoms with Crippen molar-refractivity contribution in [1.29, 1.82) is 0 Å². The molecular formula is C14H14N2O5. The number of pyridine rings is 1. The fourth-order valence-electron chi connectivity index (χ4n) is 2.18. The van der Waals surface area contributed by atoms with Gasteiger partial charge in [-0.2, -0.15) is 0 Å². The molecule has 0 saturated carbocycles. The van der Waals surface area contributed by atoms with Crippen LogP contribution in [0.15, 0.2) is 29.2 Å². The van der Waals surface area contributed by atoms with Crippen molar-refractivity contribution in [3.8, 4) is 0 Å². The van der Waals surface area contributed by atoms with Crippen molar-refractivity contribution in [2.75, 3.05) is 7.11 Å². The topological polar surface area (TPSA) is 91.4 Å². The van der Waals surface area contributed by atoms with Crippen LogP contribution in [0.2, 0.25) is 0 Å². The van der Waals surface area contributed by atoms with Crippen molar-refractivity contribution in [2.45, 2.75) is 19.9 Å². The van der Waals surface area contributed by atoms with Crippen molar-refractivity contribution in [3.05, 3.63) is 50.3 Å². The van der Waals surface area contributed by atoms with E-state index in [4.69, 9.17) is 0 Å². The van der Waals surface area contributed by atoms with Gasteiger partial charge in [0.1, 0.15) is 5.56 Å². The summed E-state index contributed by atoms with van der Waals surface area (Å²) in [6.07, 6.45) is 2.22. The van der Waals surface area contributed by atoms with Crippen LogP contribution in [0.5, 0.6) is 0 Å². The second-order valence-electron chi connectivity index (χ2n) is 4.52. The lowest BCUT2D eigenvalue weighted by Gasteiger charge is -2.11. The lowest BCUT2D eigenvalue weighted by Crippen LogP contribution is -2.20. The second-order valence-corrected chi connectivity index (χ2v) is 4.52. The molecule has 7 heteroatoms. The normalized spacial score (nSPS) is 10.6. The number of hydrogen-bond acceptors (Lipinski definition) is 5. The molecule has 1 aromatic heterocycles. The lowest BCUT2D eigenvalue weighted by molar-refractivity contribution is -0.384. The molecule has 0 aliphatic rings. The molecule has 1 aromatic carbocycles. The molecule has 0 spiro atoms. The van der Waals surface area contributed by atoms with Crippen LogP contribution < -0.4 is 5.43 Å². The van der Waals surface area contributed by atoms with E-state index in [1.54, 1.807) is 4.57 Å². The number of carbonyl (C=O) groups is 1. The van der Waals surface area contributed by atoms with Gasteiger partial charge >= 0.3 is 5.97 Å². The molecule has 0 N–H and O–H groups in total. The molecule has 2 rings (SSSR count). The number of non-ortho nitro benzene ring substituents is 1. The van der Waals surface area contributed by atoms with Crippen molar-refractivity contribution in [2.24, 2.45) is 0 Å². The van der Waals surface area contributed by atoms with E-state index in [1.165, 1.54) is 31.5 Å². The van der Waals surface area contributed by atoms with Gasteiger partial charge in [-0.25, -0.2) is 4.79 Å². The highest BCUT2D eigenvalue weighted by atomic mass is 16.6. The number of nitro benzene ring substituents is 1. The molecule has 7 nitrogen and oxygen atoms in total. The van der Waals surface area contributed by atoms with E-state index in [1.807, 2.05) is 6.92 Å².